The zero-order valence-electron chi connectivity index (χ0n) is 16.7. The molecule has 1 saturated heterocycles. The average molecular weight is 392 g/mol. The van der Waals surface area contributed by atoms with Crippen LogP contribution in [-0.4, -0.2) is 54.8 Å². The Labute approximate surface area is 171 Å². The molecule has 1 amide bonds. The molecule has 0 bridgehead atoms. The summed E-state index contributed by atoms with van der Waals surface area (Å²) in [6.07, 6.45) is 3.23. The first-order valence-electron chi connectivity index (χ1n) is 10.7. The summed E-state index contributed by atoms with van der Waals surface area (Å²) in [5.74, 6) is 1.07. The second-order valence-electron chi connectivity index (χ2n) is 8.53. The van der Waals surface area contributed by atoms with Crippen LogP contribution in [0.1, 0.15) is 30.4 Å². The third-order valence-electron chi connectivity index (χ3n) is 6.75. The maximum atomic E-state index is 13.4. The molecular formula is C24H28N2O3. The third-order valence-corrected chi connectivity index (χ3v) is 6.75. The van der Waals surface area contributed by atoms with E-state index in [1.54, 1.807) is 0 Å². The summed E-state index contributed by atoms with van der Waals surface area (Å²) >= 11 is 0. The SMILES string of the molecule is O=C1N2CCCc3cccc(c32)C12CCN(CC(O)COc1ccccc1)CC2. The number of likely N-dealkylation sites (tertiary alicyclic amines) is 1. The van der Waals surface area contributed by atoms with Crippen molar-refractivity contribution < 1.29 is 14.6 Å². The largest absolute Gasteiger partial charge is 0.491 e. The Hall–Kier alpha value is -2.37. The third kappa shape index (κ3) is 3.22. The zero-order chi connectivity index (χ0) is 19.8. The topological polar surface area (TPSA) is 53.0 Å². The van der Waals surface area contributed by atoms with Crippen molar-refractivity contribution in [2.75, 3.05) is 37.7 Å². The number of para-hydroxylation sites is 2. The van der Waals surface area contributed by atoms with Gasteiger partial charge in [-0.15, -0.1) is 0 Å². The van der Waals surface area contributed by atoms with E-state index in [0.717, 1.165) is 51.1 Å². The minimum absolute atomic E-state index is 0.282. The number of carbonyl (C=O) groups excluding carboxylic acids is 1. The Kier molecular flexibility index (Phi) is 4.80. The number of hydrogen-bond donors (Lipinski definition) is 1. The molecule has 1 spiro atoms. The molecule has 1 N–H and O–H groups in total. The van der Waals surface area contributed by atoms with Gasteiger partial charge in [0.05, 0.1) is 11.1 Å². The van der Waals surface area contributed by atoms with E-state index in [0.29, 0.717) is 12.5 Å². The smallest absolute Gasteiger partial charge is 0.237 e. The van der Waals surface area contributed by atoms with Crippen LogP contribution in [-0.2, 0) is 16.6 Å². The normalized spacial score (nSPS) is 21.3. The van der Waals surface area contributed by atoms with Crippen LogP contribution in [0.4, 0.5) is 5.69 Å². The second kappa shape index (κ2) is 7.47. The number of aliphatic hydroxyl groups excluding tert-OH is 1. The van der Waals surface area contributed by atoms with Crippen LogP contribution >= 0.6 is 0 Å². The fraction of sp³-hybridized carbons (Fsp3) is 0.458. The van der Waals surface area contributed by atoms with Crippen LogP contribution < -0.4 is 9.64 Å². The molecule has 2 aromatic rings. The predicted molar refractivity (Wildman–Crippen MR) is 112 cm³/mol. The highest BCUT2D eigenvalue weighted by Crippen LogP contribution is 2.50. The van der Waals surface area contributed by atoms with E-state index in [9.17, 15) is 9.90 Å². The Balaban J connectivity index is 1.23. The minimum atomic E-state index is -0.541. The number of aryl methyl sites for hydroxylation is 1. The Morgan fingerprint density at radius 3 is 2.62 bits per heavy atom. The number of benzene rings is 2. The van der Waals surface area contributed by atoms with Crippen molar-refractivity contribution in [2.45, 2.75) is 37.2 Å². The first-order valence-corrected chi connectivity index (χ1v) is 10.7. The molecule has 3 aliphatic heterocycles. The minimum Gasteiger partial charge on any atom is -0.491 e. The summed E-state index contributed by atoms with van der Waals surface area (Å²) in [4.78, 5) is 17.7. The molecule has 1 fully saturated rings. The van der Waals surface area contributed by atoms with Crippen molar-refractivity contribution in [1.29, 1.82) is 0 Å². The lowest BCUT2D eigenvalue weighted by molar-refractivity contribution is -0.125. The first kappa shape index (κ1) is 18.6. The number of amides is 1. The summed E-state index contributed by atoms with van der Waals surface area (Å²) in [7, 11) is 0. The van der Waals surface area contributed by atoms with E-state index >= 15 is 0 Å². The van der Waals surface area contributed by atoms with Gasteiger partial charge >= 0.3 is 0 Å². The number of nitrogens with zero attached hydrogens (tertiary/aromatic N) is 2. The predicted octanol–water partition coefficient (Wildman–Crippen LogP) is 2.75. The molecule has 3 aliphatic rings. The number of fused-ring (bicyclic) bond motifs is 1. The molecule has 5 rings (SSSR count). The molecule has 0 aliphatic carbocycles. The van der Waals surface area contributed by atoms with Crippen molar-refractivity contribution in [3.63, 3.8) is 0 Å². The van der Waals surface area contributed by atoms with Crippen LogP contribution in [0.25, 0.3) is 0 Å². The molecule has 5 nitrogen and oxygen atoms in total. The lowest BCUT2D eigenvalue weighted by Gasteiger charge is -2.39. The second-order valence-corrected chi connectivity index (χ2v) is 8.53. The van der Waals surface area contributed by atoms with Crippen LogP contribution in [0, 0.1) is 0 Å². The molecule has 152 valence electrons. The maximum Gasteiger partial charge on any atom is 0.237 e. The number of rotatable bonds is 5. The Morgan fingerprint density at radius 1 is 1.03 bits per heavy atom. The van der Waals surface area contributed by atoms with Crippen LogP contribution in [0.15, 0.2) is 48.5 Å². The fourth-order valence-corrected chi connectivity index (χ4v) is 5.27. The molecular weight excluding hydrogens is 364 g/mol. The quantitative estimate of drug-likeness (QED) is 0.850. The molecule has 3 heterocycles. The van der Waals surface area contributed by atoms with Gasteiger partial charge in [-0.05, 0) is 62.0 Å². The van der Waals surface area contributed by atoms with Gasteiger partial charge in [0.15, 0.2) is 0 Å². The number of piperidine rings is 1. The van der Waals surface area contributed by atoms with Gasteiger partial charge in [-0.25, -0.2) is 0 Å². The monoisotopic (exact) mass is 392 g/mol. The Morgan fingerprint density at radius 2 is 1.83 bits per heavy atom. The number of anilines is 1. The van der Waals surface area contributed by atoms with Crippen molar-refractivity contribution in [3.8, 4) is 5.75 Å². The molecule has 1 atom stereocenters. The molecule has 0 radical (unpaired) electrons. The number of aliphatic hydroxyl groups is 1. The van der Waals surface area contributed by atoms with Gasteiger partial charge in [0.2, 0.25) is 5.91 Å². The molecule has 5 heteroatoms. The molecule has 2 aromatic carbocycles. The van der Waals surface area contributed by atoms with E-state index in [1.807, 2.05) is 35.2 Å². The maximum absolute atomic E-state index is 13.4. The summed E-state index contributed by atoms with van der Waals surface area (Å²) in [5, 5.41) is 10.4. The molecule has 1 unspecified atom stereocenters. The van der Waals surface area contributed by atoms with Gasteiger partial charge in [-0.2, -0.15) is 0 Å². The highest BCUT2D eigenvalue weighted by molar-refractivity contribution is 6.09. The lowest BCUT2D eigenvalue weighted by Crippen LogP contribution is -2.50. The van der Waals surface area contributed by atoms with Crippen LogP contribution in [0.2, 0.25) is 0 Å². The van der Waals surface area contributed by atoms with Crippen molar-refractivity contribution >= 4 is 11.6 Å². The van der Waals surface area contributed by atoms with E-state index in [-0.39, 0.29) is 12.0 Å². The molecule has 29 heavy (non-hydrogen) atoms. The first-order chi connectivity index (χ1) is 14.2. The van der Waals surface area contributed by atoms with Gasteiger partial charge in [-0.1, -0.05) is 36.4 Å². The fourth-order valence-electron chi connectivity index (χ4n) is 5.27. The van der Waals surface area contributed by atoms with Crippen molar-refractivity contribution in [3.05, 3.63) is 59.7 Å². The highest BCUT2D eigenvalue weighted by Gasteiger charge is 2.53. The van der Waals surface area contributed by atoms with Gasteiger partial charge in [0, 0.05) is 13.1 Å². The standard InChI is InChI=1S/C24H28N2O3/c27-19(17-29-20-8-2-1-3-9-20)16-25-14-11-24(12-15-25)21-10-4-6-18-7-5-13-26(22(18)21)23(24)28/h1-4,6,8-10,19,27H,5,7,11-17H2. The number of hydrogen-bond acceptors (Lipinski definition) is 4. The van der Waals surface area contributed by atoms with Crippen LogP contribution in [0.5, 0.6) is 5.75 Å². The molecule has 0 saturated carbocycles. The Bertz CT molecular complexity index is 890. The van der Waals surface area contributed by atoms with Crippen molar-refractivity contribution in [1.82, 2.24) is 4.90 Å². The number of ether oxygens (including phenoxy) is 1. The summed E-state index contributed by atoms with van der Waals surface area (Å²) in [5.41, 5.74) is 3.41. The van der Waals surface area contributed by atoms with E-state index < -0.39 is 6.10 Å². The number of β-amino-alcohol motifs (C(OH)–C–C–N with tert-alkyl or cyclic N) is 1. The van der Waals surface area contributed by atoms with Crippen molar-refractivity contribution in [2.24, 2.45) is 0 Å². The van der Waals surface area contributed by atoms with Crippen LogP contribution in [0.3, 0.4) is 0 Å². The zero-order valence-corrected chi connectivity index (χ0v) is 16.7. The lowest BCUT2D eigenvalue weighted by atomic mass is 9.73. The van der Waals surface area contributed by atoms with E-state index in [1.165, 1.54) is 16.8 Å². The summed E-state index contributed by atoms with van der Waals surface area (Å²) in [6.45, 7) is 3.36. The molecule has 0 aromatic heterocycles. The van der Waals surface area contributed by atoms with Gasteiger partial charge in [0.1, 0.15) is 18.5 Å². The summed E-state index contributed by atoms with van der Waals surface area (Å²) < 4.78 is 5.68. The van der Waals surface area contributed by atoms with E-state index in [2.05, 4.69) is 23.1 Å². The number of carbonyl (C=O) groups is 1. The van der Waals surface area contributed by atoms with Gasteiger partial charge in [-0.3, -0.25) is 4.79 Å². The summed E-state index contributed by atoms with van der Waals surface area (Å²) in [6, 6.07) is 16.0. The van der Waals surface area contributed by atoms with Gasteiger partial charge < -0.3 is 19.6 Å². The average Bonchev–Trinajstić information content (AvgIpc) is 3.00. The van der Waals surface area contributed by atoms with Gasteiger partial charge in [0.25, 0.3) is 0 Å². The highest BCUT2D eigenvalue weighted by atomic mass is 16.5. The van der Waals surface area contributed by atoms with E-state index in [4.69, 9.17) is 4.74 Å².